The third-order valence-electron chi connectivity index (χ3n) is 2.90. The second-order valence-corrected chi connectivity index (χ2v) is 4.57. The van der Waals surface area contributed by atoms with Crippen molar-refractivity contribution in [3.8, 4) is 0 Å². The quantitative estimate of drug-likeness (QED) is 0.377. The van der Waals surface area contributed by atoms with Gasteiger partial charge in [0.15, 0.2) is 0 Å². The van der Waals surface area contributed by atoms with Crippen LogP contribution in [0.15, 0.2) is 0 Å². The van der Waals surface area contributed by atoms with Crippen LogP contribution in [0.5, 0.6) is 0 Å². The zero-order valence-electron chi connectivity index (χ0n) is 10.3. The second-order valence-electron chi connectivity index (χ2n) is 4.57. The van der Waals surface area contributed by atoms with E-state index in [1.807, 2.05) is 0 Å². The molecule has 0 aromatic heterocycles. The number of nitrogens with two attached hydrogens (primary N) is 1. The van der Waals surface area contributed by atoms with Gasteiger partial charge in [0.2, 0.25) is 5.91 Å². The first-order chi connectivity index (χ1) is 8.65. The number of carbonyl (C=O) groups excluding carboxylic acids is 1. The lowest BCUT2D eigenvalue weighted by Gasteiger charge is -2.41. The van der Waals surface area contributed by atoms with E-state index in [0.717, 1.165) is 0 Å². The van der Waals surface area contributed by atoms with Crippen LogP contribution in [-0.4, -0.2) is 64.3 Å². The highest BCUT2D eigenvalue weighted by molar-refractivity contribution is 5.77. The van der Waals surface area contributed by atoms with Crippen LogP contribution in [0.1, 0.15) is 13.3 Å². The van der Waals surface area contributed by atoms with Gasteiger partial charge < -0.3 is 25.4 Å². The van der Waals surface area contributed by atoms with Gasteiger partial charge in [-0.05, 0) is 6.92 Å². The molecule has 0 spiro atoms. The first-order valence-electron chi connectivity index (χ1n) is 5.74. The highest BCUT2D eigenvalue weighted by atomic mass is 19.3. The molecule has 5 atom stereocenters. The number of aliphatic hydroxyl groups is 3. The van der Waals surface area contributed by atoms with Gasteiger partial charge in [0.05, 0.1) is 18.8 Å². The summed E-state index contributed by atoms with van der Waals surface area (Å²) in [4.78, 5) is 11.3. The molecular formula is C10H18F2N2O5. The summed E-state index contributed by atoms with van der Waals surface area (Å²) in [5.74, 6) is -1.07. The molecule has 1 rings (SSSR count). The Kier molecular flexibility index (Phi) is 5.16. The Morgan fingerprint density at radius 3 is 2.47 bits per heavy atom. The van der Waals surface area contributed by atoms with Crippen molar-refractivity contribution >= 4 is 5.91 Å². The molecule has 0 saturated carbocycles. The molecule has 1 fully saturated rings. The van der Waals surface area contributed by atoms with Crippen molar-refractivity contribution in [3.63, 3.8) is 0 Å². The number of ether oxygens (including phenoxy) is 1. The summed E-state index contributed by atoms with van der Waals surface area (Å²) in [6.07, 6.45) is -5.84. The van der Waals surface area contributed by atoms with Gasteiger partial charge in [0.25, 0.3) is 0 Å². The molecule has 0 radical (unpaired) electrons. The number of nitrogens with one attached hydrogen (secondary N) is 1. The van der Waals surface area contributed by atoms with Gasteiger partial charge in [-0.25, -0.2) is 0 Å². The van der Waals surface area contributed by atoms with Crippen molar-refractivity contribution in [2.45, 2.75) is 49.8 Å². The SMILES string of the molecule is CC1OC(CO)C(O)C(O)C1NC(=O)CC(N)(F)F. The van der Waals surface area contributed by atoms with Crippen molar-refractivity contribution in [2.75, 3.05) is 6.61 Å². The highest BCUT2D eigenvalue weighted by Gasteiger charge is 2.43. The Labute approximate surface area is 108 Å². The number of aliphatic hydroxyl groups excluding tert-OH is 3. The average Bonchev–Trinajstić information content (AvgIpc) is 2.27. The molecule has 1 aliphatic rings. The maximum atomic E-state index is 12.5. The van der Waals surface area contributed by atoms with Crippen LogP contribution in [0.3, 0.4) is 0 Å². The maximum absolute atomic E-state index is 12.5. The van der Waals surface area contributed by atoms with E-state index in [0.29, 0.717) is 0 Å². The number of alkyl halides is 2. The summed E-state index contributed by atoms with van der Waals surface area (Å²) in [6.45, 7) is 0.966. The van der Waals surface area contributed by atoms with Gasteiger partial charge in [0, 0.05) is 0 Å². The van der Waals surface area contributed by atoms with Crippen LogP contribution in [-0.2, 0) is 9.53 Å². The molecule has 7 nitrogen and oxygen atoms in total. The third-order valence-corrected chi connectivity index (χ3v) is 2.90. The summed E-state index contributed by atoms with van der Waals surface area (Å²) in [5, 5.41) is 30.4. The van der Waals surface area contributed by atoms with Gasteiger partial charge in [0.1, 0.15) is 24.7 Å². The minimum Gasteiger partial charge on any atom is -0.394 e. The molecule has 0 aromatic rings. The molecule has 1 saturated heterocycles. The minimum absolute atomic E-state index is 0.510. The molecular weight excluding hydrogens is 266 g/mol. The summed E-state index contributed by atoms with van der Waals surface area (Å²) in [5.41, 5.74) is 4.41. The number of amides is 1. The molecule has 0 aromatic carbocycles. The molecule has 5 unspecified atom stereocenters. The van der Waals surface area contributed by atoms with E-state index in [2.05, 4.69) is 11.1 Å². The van der Waals surface area contributed by atoms with E-state index >= 15 is 0 Å². The lowest BCUT2D eigenvalue weighted by atomic mass is 9.93. The monoisotopic (exact) mass is 284 g/mol. The minimum atomic E-state index is -3.65. The molecule has 112 valence electrons. The summed E-state index contributed by atoms with van der Waals surface area (Å²) < 4.78 is 30.1. The molecule has 0 bridgehead atoms. The normalized spacial score (nSPS) is 36.1. The maximum Gasteiger partial charge on any atom is 0.308 e. The first-order valence-corrected chi connectivity index (χ1v) is 5.74. The van der Waals surface area contributed by atoms with Gasteiger partial charge in [-0.2, -0.15) is 8.78 Å². The fraction of sp³-hybridized carbons (Fsp3) is 0.900. The van der Waals surface area contributed by atoms with Crippen LogP contribution < -0.4 is 11.1 Å². The van der Waals surface area contributed by atoms with Gasteiger partial charge >= 0.3 is 6.05 Å². The fourth-order valence-corrected chi connectivity index (χ4v) is 1.96. The van der Waals surface area contributed by atoms with E-state index in [-0.39, 0.29) is 0 Å². The summed E-state index contributed by atoms with van der Waals surface area (Å²) in [6, 6.07) is -4.72. The van der Waals surface area contributed by atoms with E-state index in [9.17, 15) is 23.8 Å². The van der Waals surface area contributed by atoms with Gasteiger partial charge in [-0.15, -0.1) is 0 Å². The highest BCUT2D eigenvalue weighted by Crippen LogP contribution is 2.21. The third kappa shape index (κ3) is 4.32. The zero-order valence-corrected chi connectivity index (χ0v) is 10.3. The van der Waals surface area contributed by atoms with Crippen LogP contribution in [0.2, 0.25) is 0 Å². The number of hydrogen-bond donors (Lipinski definition) is 5. The van der Waals surface area contributed by atoms with Gasteiger partial charge in [-0.3, -0.25) is 10.5 Å². The topological polar surface area (TPSA) is 125 Å². The summed E-state index contributed by atoms with van der Waals surface area (Å²) in [7, 11) is 0. The predicted molar refractivity (Wildman–Crippen MR) is 59.1 cm³/mol. The van der Waals surface area contributed by atoms with E-state index in [1.54, 1.807) is 0 Å². The molecule has 6 N–H and O–H groups in total. The van der Waals surface area contributed by atoms with Crippen molar-refractivity contribution in [1.29, 1.82) is 0 Å². The van der Waals surface area contributed by atoms with Gasteiger partial charge in [-0.1, -0.05) is 0 Å². The molecule has 9 heteroatoms. The Bertz CT molecular complexity index is 326. The second kappa shape index (κ2) is 6.06. The zero-order chi connectivity index (χ0) is 14.8. The van der Waals surface area contributed by atoms with Crippen LogP contribution in [0.4, 0.5) is 8.78 Å². The Morgan fingerprint density at radius 2 is 2.00 bits per heavy atom. The van der Waals surface area contributed by atoms with Crippen molar-refractivity contribution in [1.82, 2.24) is 5.32 Å². The lowest BCUT2D eigenvalue weighted by Crippen LogP contribution is -2.63. The Morgan fingerprint density at radius 1 is 1.42 bits per heavy atom. The molecule has 1 aliphatic heterocycles. The van der Waals surface area contributed by atoms with Crippen LogP contribution in [0, 0.1) is 0 Å². The largest absolute Gasteiger partial charge is 0.394 e. The van der Waals surface area contributed by atoms with Crippen molar-refractivity contribution in [2.24, 2.45) is 5.73 Å². The Balaban J connectivity index is 2.65. The van der Waals surface area contributed by atoms with Crippen LogP contribution in [0.25, 0.3) is 0 Å². The smallest absolute Gasteiger partial charge is 0.308 e. The molecule has 1 heterocycles. The van der Waals surface area contributed by atoms with Crippen LogP contribution >= 0.6 is 0 Å². The van der Waals surface area contributed by atoms with E-state index in [1.165, 1.54) is 6.92 Å². The summed E-state index contributed by atoms with van der Waals surface area (Å²) >= 11 is 0. The standard InChI is InChI=1S/C10H18F2N2O5/c1-4-7(14-6(16)2-10(11,12)13)9(18)8(17)5(3-15)19-4/h4-5,7-9,15,17-18H,2-3,13H2,1H3,(H,14,16). The van der Waals surface area contributed by atoms with Crippen molar-refractivity contribution < 1.29 is 33.6 Å². The number of halogens is 2. The lowest BCUT2D eigenvalue weighted by molar-refractivity contribution is -0.191. The number of rotatable bonds is 4. The predicted octanol–water partition coefficient (Wildman–Crippen LogP) is -2.09. The van der Waals surface area contributed by atoms with Crippen molar-refractivity contribution in [3.05, 3.63) is 0 Å². The number of carbonyl (C=O) groups is 1. The molecule has 19 heavy (non-hydrogen) atoms. The van der Waals surface area contributed by atoms with E-state index in [4.69, 9.17) is 9.84 Å². The average molecular weight is 284 g/mol. The number of hydrogen-bond acceptors (Lipinski definition) is 6. The first kappa shape index (κ1) is 16.2. The fourth-order valence-electron chi connectivity index (χ4n) is 1.96. The molecule has 0 aliphatic carbocycles. The van der Waals surface area contributed by atoms with E-state index < -0.39 is 55.4 Å². The molecule has 1 amide bonds. The Hall–Kier alpha value is -0.870.